The summed E-state index contributed by atoms with van der Waals surface area (Å²) < 4.78 is 0. The minimum absolute atomic E-state index is 0. The van der Waals surface area contributed by atoms with E-state index >= 15 is 0 Å². The Morgan fingerprint density at radius 2 is 2.09 bits per heavy atom. The van der Waals surface area contributed by atoms with E-state index in [1.807, 2.05) is 0 Å². The van der Waals surface area contributed by atoms with Crippen LogP contribution in [0.5, 0.6) is 0 Å². The molecular weight excluding hydrogens is 310 g/mol. The first-order chi connectivity index (χ1) is 10.6. The van der Waals surface area contributed by atoms with Gasteiger partial charge in [0, 0.05) is 25.2 Å². The third kappa shape index (κ3) is 4.25. The number of carbonyl (C=O) groups is 1. The van der Waals surface area contributed by atoms with Crippen LogP contribution in [-0.4, -0.2) is 42.0 Å². The standard InChI is InChI=1S/C18H27N3O.ClH/c1-18(2,13-20-17(22)16-8-5-10-19-16)21-11-9-14-6-3-4-7-15(14)12-21;/h3-4,6-7,16,19H,5,8-13H2,1-2H3,(H,20,22);1H. The number of nitrogens with one attached hydrogen (secondary N) is 2. The van der Waals surface area contributed by atoms with Crippen molar-refractivity contribution in [3.05, 3.63) is 35.4 Å². The van der Waals surface area contributed by atoms with E-state index in [2.05, 4.69) is 53.6 Å². The molecule has 2 heterocycles. The highest BCUT2D eigenvalue weighted by atomic mass is 35.5. The minimum atomic E-state index is -0.0260. The molecule has 23 heavy (non-hydrogen) atoms. The molecule has 3 rings (SSSR count). The maximum Gasteiger partial charge on any atom is 0.237 e. The number of halogens is 1. The van der Waals surface area contributed by atoms with E-state index in [-0.39, 0.29) is 29.9 Å². The molecule has 1 aromatic rings. The normalized spacial score (nSPS) is 21.4. The minimum Gasteiger partial charge on any atom is -0.353 e. The third-order valence-corrected chi connectivity index (χ3v) is 5.06. The van der Waals surface area contributed by atoms with Gasteiger partial charge in [0.1, 0.15) is 0 Å². The molecule has 4 nitrogen and oxygen atoms in total. The Bertz CT molecular complexity index is 541. The van der Waals surface area contributed by atoms with Crippen molar-refractivity contribution in [3.63, 3.8) is 0 Å². The van der Waals surface area contributed by atoms with E-state index < -0.39 is 0 Å². The van der Waals surface area contributed by atoms with Gasteiger partial charge in [-0.05, 0) is 50.8 Å². The summed E-state index contributed by atoms with van der Waals surface area (Å²) in [4.78, 5) is 14.7. The number of amides is 1. The van der Waals surface area contributed by atoms with Crippen LogP contribution in [0.15, 0.2) is 24.3 Å². The second kappa shape index (κ2) is 7.65. The lowest BCUT2D eigenvalue weighted by Gasteiger charge is -2.41. The molecule has 0 aliphatic carbocycles. The van der Waals surface area contributed by atoms with Crippen molar-refractivity contribution in [2.45, 2.75) is 51.2 Å². The van der Waals surface area contributed by atoms with Gasteiger partial charge in [-0.25, -0.2) is 0 Å². The average Bonchev–Trinajstić information content (AvgIpc) is 3.07. The summed E-state index contributed by atoms with van der Waals surface area (Å²) in [6, 6.07) is 8.70. The maximum absolute atomic E-state index is 12.2. The molecule has 0 spiro atoms. The van der Waals surface area contributed by atoms with E-state index in [0.717, 1.165) is 38.9 Å². The molecule has 2 aliphatic heterocycles. The number of hydrogen-bond donors (Lipinski definition) is 2. The maximum atomic E-state index is 12.2. The van der Waals surface area contributed by atoms with Crippen molar-refractivity contribution in [2.24, 2.45) is 0 Å². The van der Waals surface area contributed by atoms with Gasteiger partial charge in [0.05, 0.1) is 6.04 Å². The lowest BCUT2D eigenvalue weighted by Crippen LogP contribution is -2.54. The fourth-order valence-electron chi connectivity index (χ4n) is 3.46. The predicted octanol–water partition coefficient (Wildman–Crippen LogP) is 2.11. The van der Waals surface area contributed by atoms with Crippen molar-refractivity contribution in [3.8, 4) is 0 Å². The van der Waals surface area contributed by atoms with E-state index in [1.54, 1.807) is 0 Å². The molecule has 1 amide bonds. The molecule has 0 saturated carbocycles. The summed E-state index contributed by atoms with van der Waals surface area (Å²) in [6.45, 7) is 8.14. The second-order valence-corrected chi connectivity index (χ2v) is 7.12. The zero-order chi connectivity index (χ0) is 15.6. The van der Waals surface area contributed by atoms with Crippen molar-refractivity contribution in [2.75, 3.05) is 19.6 Å². The molecule has 1 unspecified atom stereocenters. The molecule has 2 N–H and O–H groups in total. The van der Waals surface area contributed by atoms with Crippen LogP contribution in [0.3, 0.4) is 0 Å². The molecule has 1 saturated heterocycles. The fourth-order valence-corrected chi connectivity index (χ4v) is 3.46. The first-order valence-corrected chi connectivity index (χ1v) is 8.39. The first kappa shape index (κ1) is 18.2. The van der Waals surface area contributed by atoms with Gasteiger partial charge >= 0.3 is 0 Å². The van der Waals surface area contributed by atoms with Gasteiger partial charge in [-0.15, -0.1) is 12.4 Å². The van der Waals surface area contributed by atoms with E-state index in [0.29, 0.717) is 6.54 Å². The molecule has 2 aliphatic rings. The van der Waals surface area contributed by atoms with Gasteiger partial charge in [-0.3, -0.25) is 9.69 Å². The summed E-state index contributed by atoms with van der Waals surface area (Å²) in [7, 11) is 0. The number of benzene rings is 1. The van der Waals surface area contributed by atoms with Crippen LogP contribution < -0.4 is 10.6 Å². The monoisotopic (exact) mass is 337 g/mol. The van der Waals surface area contributed by atoms with Gasteiger partial charge in [0.15, 0.2) is 0 Å². The van der Waals surface area contributed by atoms with Crippen molar-refractivity contribution < 1.29 is 4.79 Å². The van der Waals surface area contributed by atoms with Crippen LogP contribution in [0.4, 0.5) is 0 Å². The zero-order valence-corrected chi connectivity index (χ0v) is 14.9. The lowest BCUT2D eigenvalue weighted by molar-refractivity contribution is -0.123. The molecule has 128 valence electrons. The van der Waals surface area contributed by atoms with Crippen LogP contribution in [0.25, 0.3) is 0 Å². The Morgan fingerprint density at radius 1 is 1.35 bits per heavy atom. The number of nitrogens with zero attached hydrogens (tertiary/aromatic N) is 1. The molecule has 5 heteroatoms. The number of carbonyl (C=O) groups excluding carboxylic acids is 1. The SMILES string of the molecule is CC(C)(CNC(=O)C1CCCN1)N1CCc2ccccc2C1.Cl. The van der Waals surface area contributed by atoms with Gasteiger partial charge < -0.3 is 10.6 Å². The molecule has 0 radical (unpaired) electrons. The van der Waals surface area contributed by atoms with Crippen molar-refractivity contribution in [1.82, 2.24) is 15.5 Å². The van der Waals surface area contributed by atoms with Crippen LogP contribution in [0.2, 0.25) is 0 Å². The van der Waals surface area contributed by atoms with E-state index in [9.17, 15) is 4.79 Å². The molecule has 1 atom stereocenters. The summed E-state index contributed by atoms with van der Waals surface area (Å²) in [6.07, 6.45) is 3.16. The number of fused-ring (bicyclic) bond motifs is 1. The topological polar surface area (TPSA) is 44.4 Å². The Balaban J connectivity index is 0.00000192. The Kier molecular flexibility index (Phi) is 6.06. The Hall–Kier alpha value is -1.10. The molecule has 0 aromatic heterocycles. The van der Waals surface area contributed by atoms with Crippen LogP contribution >= 0.6 is 12.4 Å². The second-order valence-electron chi connectivity index (χ2n) is 7.12. The number of hydrogen-bond acceptors (Lipinski definition) is 3. The quantitative estimate of drug-likeness (QED) is 0.884. The fraction of sp³-hybridized carbons (Fsp3) is 0.611. The highest BCUT2D eigenvalue weighted by molar-refractivity contribution is 5.85. The zero-order valence-electron chi connectivity index (χ0n) is 14.1. The smallest absolute Gasteiger partial charge is 0.237 e. The molecule has 0 bridgehead atoms. The first-order valence-electron chi connectivity index (χ1n) is 8.39. The van der Waals surface area contributed by atoms with Gasteiger partial charge in [0.2, 0.25) is 5.91 Å². The summed E-state index contributed by atoms with van der Waals surface area (Å²) in [5, 5.41) is 6.40. The lowest BCUT2D eigenvalue weighted by atomic mass is 9.94. The van der Waals surface area contributed by atoms with Crippen LogP contribution in [0, 0.1) is 0 Å². The summed E-state index contributed by atoms with van der Waals surface area (Å²) in [5.41, 5.74) is 2.86. The largest absolute Gasteiger partial charge is 0.353 e. The summed E-state index contributed by atoms with van der Waals surface area (Å²) >= 11 is 0. The van der Waals surface area contributed by atoms with E-state index in [4.69, 9.17) is 0 Å². The van der Waals surface area contributed by atoms with Gasteiger partial charge in [0.25, 0.3) is 0 Å². The summed E-state index contributed by atoms with van der Waals surface area (Å²) in [5.74, 6) is 0.156. The molecule has 1 aromatic carbocycles. The Labute approximate surface area is 145 Å². The van der Waals surface area contributed by atoms with Crippen LogP contribution in [-0.2, 0) is 17.8 Å². The van der Waals surface area contributed by atoms with Gasteiger partial charge in [-0.2, -0.15) is 0 Å². The highest BCUT2D eigenvalue weighted by Crippen LogP contribution is 2.25. The third-order valence-electron chi connectivity index (χ3n) is 5.06. The van der Waals surface area contributed by atoms with Crippen molar-refractivity contribution >= 4 is 18.3 Å². The highest BCUT2D eigenvalue weighted by Gasteiger charge is 2.31. The average molecular weight is 338 g/mol. The molecule has 1 fully saturated rings. The molecular formula is C18H28ClN3O. The number of rotatable bonds is 4. The van der Waals surface area contributed by atoms with E-state index in [1.165, 1.54) is 11.1 Å². The Morgan fingerprint density at radius 3 is 2.78 bits per heavy atom. The van der Waals surface area contributed by atoms with Crippen molar-refractivity contribution in [1.29, 1.82) is 0 Å². The van der Waals surface area contributed by atoms with Crippen LogP contribution in [0.1, 0.15) is 37.8 Å². The van der Waals surface area contributed by atoms with Gasteiger partial charge in [-0.1, -0.05) is 24.3 Å². The predicted molar refractivity (Wildman–Crippen MR) is 95.9 cm³/mol.